The number of nitrogens with two attached hydrogens (primary N) is 1. The lowest BCUT2D eigenvalue weighted by atomic mass is 9.60. The molecule has 2 aromatic heterocycles. The number of aliphatic hydroxyl groups is 2. The van der Waals surface area contributed by atoms with E-state index in [1.165, 1.54) is 19.8 Å². The fourth-order valence-corrected chi connectivity index (χ4v) is 6.04. The minimum atomic E-state index is -1.76. The van der Waals surface area contributed by atoms with Crippen molar-refractivity contribution < 1.29 is 24.7 Å². The number of nitrogens with zero attached hydrogens (tertiary/aromatic N) is 4. The van der Waals surface area contributed by atoms with E-state index in [2.05, 4.69) is 15.0 Å². The molecule has 0 aliphatic carbocycles. The smallest absolute Gasteiger partial charge is 0.194 e. The van der Waals surface area contributed by atoms with Gasteiger partial charge in [0.1, 0.15) is 36.8 Å². The standard InChI is InChI=1S/C30H29N5O5/c1-38-39-17-23-25(36)26(37)30(40-23,35-19-34-24-27(31)32-18-33-28(24)35)29(20-11-5-2-6-12-20,21-13-7-3-8-14-21)22-15-9-4-10-16-22/h2-16,18-19,23,25-26,36-37H,17H2,1H3,(H2,31,32,33)/t23-,25-,26-,30+/m1/s1. The normalized spacial score (nSPS) is 23.0. The minimum Gasteiger partial charge on any atom is -0.387 e. The zero-order valence-electron chi connectivity index (χ0n) is 21.7. The van der Waals surface area contributed by atoms with Crippen molar-refractivity contribution in [3.8, 4) is 0 Å². The number of aliphatic hydroxyl groups excluding tert-OH is 2. The summed E-state index contributed by atoms with van der Waals surface area (Å²) in [7, 11) is 1.37. The Hall–Kier alpha value is -4.19. The molecule has 1 aliphatic rings. The first kappa shape index (κ1) is 26.1. The van der Waals surface area contributed by atoms with Crippen molar-refractivity contribution in [2.75, 3.05) is 19.5 Å². The summed E-state index contributed by atoms with van der Waals surface area (Å²) in [5.41, 5.74) is 6.26. The Morgan fingerprint density at radius 1 is 0.875 bits per heavy atom. The Kier molecular flexibility index (Phi) is 6.78. The molecule has 0 spiro atoms. The predicted octanol–water partition coefficient (Wildman–Crippen LogP) is 2.79. The van der Waals surface area contributed by atoms with Crippen molar-refractivity contribution >= 4 is 17.0 Å². The van der Waals surface area contributed by atoms with E-state index >= 15 is 0 Å². The van der Waals surface area contributed by atoms with E-state index in [9.17, 15) is 10.2 Å². The summed E-state index contributed by atoms with van der Waals surface area (Å²) >= 11 is 0. The third-order valence-corrected chi connectivity index (χ3v) is 7.66. The Bertz CT molecular complexity index is 1490. The molecule has 4 N–H and O–H groups in total. The summed E-state index contributed by atoms with van der Waals surface area (Å²) in [6, 6.07) is 29.2. The van der Waals surface area contributed by atoms with Crippen LogP contribution in [0.3, 0.4) is 0 Å². The van der Waals surface area contributed by atoms with Gasteiger partial charge in [-0.25, -0.2) is 24.7 Å². The van der Waals surface area contributed by atoms with Crippen LogP contribution in [0.25, 0.3) is 11.2 Å². The lowest BCUT2D eigenvalue weighted by molar-refractivity contribution is -0.295. The van der Waals surface area contributed by atoms with Crippen LogP contribution in [0.1, 0.15) is 16.7 Å². The van der Waals surface area contributed by atoms with E-state index in [0.717, 1.165) is 16.7 Å². The number of aromatic nitrogens is 4. The monoisotopic (exact) mass is 539 g/mol. The number of imidazole rings is 1. The van der Waals surface area contributed by atoms with Gasteiger partial charge in [-0.2, -0.15) is 0 Å². The van der Waals surface area contributed by atoms with E-state index in [0.29, 0.717) is 11.2 Å². The average Bonchev–Trinajstić information content (AvgIpc) is 3.55. The van der Waals surface area contributed by atoms with Crippen LogP contribution >= 0.6 is 0 Å². The molecule has 10 nitrogen and oxygen atoms in total. The number of anilines is 1. The number of benzene rings is 3. The second kappa shape index (κ2) is 10.4. The third kappa shape index (κ3) is 3.73. The Labute approximate surface area is 230 Å². The molecule has 1 aliphatic heterocycles. The average molecular weight is 540 g/mol. The SMILES string of the molecule is COOC[C@H]1O[C@](n2cnc3c(N)ncnc32)(C(c2ccccc2)(c2ccccc2)c2ccccc2)[C@H](O)[C@@H]1O. The van der Waals surface area contributed by atoms with Gasteiger partial charge in [0.05, 0.1) is 18.9 Å². The van der Waals surface area contributed by atoms with Gasteiger partial charge in [0.2, 0.25) is 0 Å². The number of fused-ring (bicyclic) bond motifs is 1. The topological polar surface area (TPSA) is 138 Å². The van der Waals surface area contributed by atoms with Crippen LogP contribution in [0.15, 0.2) is 104 Å². The van der Waals surface area contributed by atoms with Gasteiger partial charge in [-0.15, -0.1) is 0 Å². The Balaban J connectivity index is 1.80. The molecule has 0 radical (unpaired) electrons. The number of hydrogen-bond acceptors (Lipinski definition) is 9. The first-order valence-electron chi connectivity index (χ1n) is 12.9. The maximum absolute atomic E-state index is 12.3. The van der Waals surface area contributed by atoms with Gasteiger partial charge in [0.15, 0.2) is 17.2 Å². The molecule has 6 rings (SSSR count). The largest absolute Gasteiger partial charge is 0.387 e. The van der Waals surface area contributed by atoms with E-state index in [1.54, 1.807) is 4.57 Å². The predicted molar refractivity (Wildman–Crippen MR) is 147 cm³/mol. The highest BCUT2D eigenvalue weighted by Crippen LogP contribution is 2.57. The second-order valence-electron chi connectivity index (χ2n) is 9.63. The van der Waals surface area contributed by atoms with Gasteiger partial charge in [0, 0.05) is 0 Å². The molecule has 0 unspecified atom stereocenters. The van der Waals surface area contributed by atoms with E-state index in [-0.39, 0.29) is 12.4 Å². The summed E-state index contributed by atoms with van der Waals surface area (Å²) in [6.07, 6.45) is -1.01. The molecule has 3 heterocycles. The zero-order valence-corrected chi connectivity index (χ0v) is 21.7. The van der Waals surface area contributed by atoms with Gasteiger partial charge in [-0.1, -0.05) is 91.0 Å². The molecule has 5 aromatic rings. The molecular formula is C30H29N5O5. The fourth-order valence-electron chi connectivity index (χ4n) is 6.04. The van der Waals surface area contributed by atoms with Gasteiger partial charge >= 0.3 is 0 Å². The molecule has 0 amide bonds. The third-order valence-electron chi connectivity index (χ3n) is 7.66. The molecular weight excluding hydrogens is 510 g/mol. The van der Waals surface area contributed by atoms with Crippen molar-refractivity contribution in [1.82, 2.24) is 19.5 Å². The minimum absolute atomic E-state index is 0.144. The van der Waals surface area contributed by atoms with Crippen LogP contribution in [0, 0.1) is 0 Å². The molecule has 40 heavy (non-hydrogen) atoms. The lowest BCUT2D eigenvalue weighted by Crippen LogP contribution is -2.61. The lowest BCUT2D eigenvalue weighted by Gasteiger charge is -2.51. The molecule has 1 saturated heterocycles. The molecule has 4 atom stereocenters. The fraction of sp³-hybridized carbons (Fsp3) is 0.233. The summed E-state index contributed by atoms with van der Waals surface area (Å²) in [5, 5.41) is 23.9. The summed E-state index contributed by atoms with van der Waals surface area (Å²) in [6.45, 7) is -0.144. The van der Waals surface area contributed by atoms with Gasteiger partial charge in [-0.05, 0) is 16.7 Å². The van der Waals surface area contributed by atoms with Crippen molar-refractivity contribution in [1.29, 1.82) is 0 Å². The van der Waals surface area contributed by atoms with Crippen LogP contribution in [0.2, 0.25) is 0 Å². The molecule has 0 bridgehead atoms. The second-order valence-corrected chi connectivity index (χ2v) is 9.63. The maximum atomic E-state index is 12.3. The first-order valence-corrected chi connectivity index (χ1v) is 12.9. The highest BCUT2D eigenvalue weighted by molar-refractivity contribution is 5.81. The van der Waals surface area contributed by atoms with Crippen LogP contribution in [-0.4, -0.2) is 61.8 Å². The summed E-state index contributed by atoms with van der Waals surface area (Å²) in [5.74, 6) is 0.177. The van der Waals surface area contributed by atoms with E-state index in [1.807, 2.05) is 91.0 Å². The molecule has 10 heteroatoms. The molecule has 0 saturated carbocycles. The van der Waals surface area contributed by atoms with Crippen LogP contribution in [0.4, 0.5) is 5.82 Å². The maximum Gasteiger partial charge on any atom is 0.194 e. The van der Waals surface area contributed by atoms with Gasteiger partial charge in [0.25, 0.3) is 0 Å². The Morgan fingerprint density at radius 2 is 1.43 bits per heavy atom. The van der Waals surface area contributed by atoms with Gasteiger partial charge in [-0.3, -0.25) is 4.57 Å². The summed E-state index contributed by atoms with van der Waals surface area (Å²) in [4.78, 5) is 23.2. The zero-order chi connectivity index (χ0) is 27.7. The van der Waals surface area contributed by atoms with Crippen LogP contribution < -0.4 is 5.73 Å². The van der Waals surface area contributed by atoms with Crippen LogP contribution in [0.5, 0.6) is 0 Å². The van der Waals surface area contributed by atoms with Crippen molar-refractivity contribution in [2.24, 2.45) is 0 Å². The van der Waals surface area contributed by atoms with Gasteiger partial charge < -0.3 is 20.7 Å². The Morgan fingerprint density at radius 3 is 1.95 bits per heavy atom. The highest BCUT2D eigenvalue weighted by atomic mass is 17.2. The van der Waals surface area contributed by atoms with Crippen molar-refractivity contribution in [2.45, 2.75) is 29.5 Å². The summed E-state index contributed by atoms with van der Waals surface area (Å²) < 4.78 is 8.57. The molecule has 3 aromatic carbocycles. The first-order chi connectivity index (χ1) is 19.6. The molecule has 1 fully saturated rings. The number of rotatable bonds is 8. The van der Waals surface area contributed by atoms with Crippen LogP contribution in [-0.2, 0) is 25.7 Å². The van der Waals surface area contributed by atoms with E-state index in [4.69, 9.17) is 20.2 Å². The quantitative estimate of drug-likeness (QED) is 0.154. The number of ether oxygens (including phenoxy) is 1. The van der Waals surface area contributed by atoms with E-state index < -0.39 is 29.5 Å². The highest BCUT2D eigenvalue weighted by Gasteiger charge is 2.68. The molecule has 204 valence electrons. The van der Waals surface area contributed by atoms with Crippen molar-refractivity contribution in [3.63, 3.8) is 0 Å². The number of hydrogen-bond donors (Lipinski definition) is 3. The van der Waals surface area contributed by atoms with Crippen molar-refractivity contribution in [3.05, 3.63) is 120 Å². The number of nitrogen functional groups attached to an aromatic ring is 1.